The van der Waals surface area contributed by atoms with Gasteiger partial charge in [-0.05, 0) is 64.9 Å². The van der Waals surface area contributed by atoms with Crippen molar-refractivity contribution in [3.05, 3.63) is 50.4 Å². The number of aromatic nitrogens is 1. The number of amides is 1. The van der Waals surface area contributed by atoms with Crippen LogP contribution in [0.4, 0.5) is 4.79 Å². The van der Waals surface area contributed by atoms with E-state index in [0.717, 1.165) is 20.8 Å². The molecule has 1 aliphatic heterocycles. The summed E-state index contributed by atoms with van der Waals surface area (Å²) < 4.78 is 17.5. The van der Waals surface area contributed by atoms with E-state index < -0.39 is 35.8 Å². The fraction of sp³-hybridized carbons (Fsp3) is 0.556. The molecule has 0 aliphatic carbocycles. The highest BCUT2D eigenvalue weighted by atomic mass is 79.9. The normalized spacial score (nSPS) is 25.3. The summed E-state index contributed by atoms with van der Waals surface area (Å²) in [6.07, 6.45) is 7.18. The van der Waals surface area contributed by atoms with Gasteiger partial charge in [-0.15, -0.1) is 11.3 Å². The van der Waals surface area contributed by atoms with Crippen LogP contribution in [0, 0.1) is 0 Å². The molecule has 2 rings (SSSR count). The third kappa shape index (κ3) is 13.1. The van der Waals surface area contributed by atoms with Gasteiger partial charge in [0.2, 0.25) is 0 Å². The number of nitrogens with zero attached hydrogens (tertiary/aromatic N) is 1. The second-order valence-electron chi connectivity index (χ2n) is 10.1. The van der Waals surface area contributed by atoms with Crippen LogP contribution in [0.5, 0.6) is 0 Å². The van der Waals surface area contributed by atoms with Gasteiger partial charge in [-0.1, -0.05) is 33.7 Å². The van der Waals surface area contributed by atoms with Gasteiger partial charge < -0.3 is 19.5 Å². The molecule has 0 unspecified atom stereocenters. The fourth-order valence-corrected chi connectivity index (χ4v) is 4.83. The van der Waals surface area contributed by atoms with Crippen molar-refractivity contribution >= 4 is 45.3 Å². The quantitative estimate of drug-likeness (QED) is 0.332. The second-order valence-corrected chi connectivity index (χ2v) is 12.3. The third-order valence-corrected chi connectivity index (χ3v) is 6.28. The lowest BCUT2D eigenvalue weighted by Gasteiger charge is -2.23. The number of cyclic esters (lactones) is 2. The monoisotopic (exact) mass is 596 g/mol. The molecule has 3 atom stereocenters. The second kappa shape index (κ2) is 14.5. The summed E-state index contributed by atoms with van der Waals surface area (Å²) in [4.78, 5) is 42.2. The molecule has 10 heteroatoms. The van der Waals surface area contributed by atoms with Crippen LogP contribution in [-0.4, -0.2) is 46.9 Å². The number of aryl methyl sites for hydroxylation is 1. The van der Waals surface area contributed by atoms with Gasteiger partial charge in [0, 0.05) is 30.3 Å². The highest BCUT2D eigenvalue weighted by molar-refractivity contribution is 9.11. The SMILES string of the molecule is C/C(Br)=C\[C@@H]1Cc2nc(cs2)CC[C@@H](NC(=O)OC(C)(C)C)CC(=O)O[C@@H](C)C/C(C)=C/C=C\C(=O)O1. The minimum atomic E-state index is -0.655. The van der Waals surface area contributed by atoms with E-state index in [2.05, 4.69) is 26.2 Å². The Hall–Kier alpha value is -2.46. The van der Waals surface area contributed by atoms with Crippen molar-refractivity contribution in [2.45, 2.75) is 97.5 Å². The molecule has 2 heterocycles. The standard InChI is InChI=1S/C27H37BrN2O6S/c1-17-8-7-9-24(31)35-22(13-18(2)28)15-23-29-21(16-37-23)11-10-20(14-25(32)34-19(3)12-17)30-26(33)36-27(4,5)6/h7-9,13,16,19-20,22H,10-12,14-15H2,1-6H3,(H,30,33)/b9-7-,17-8+,18-13+/t19-,20+,22+/m0/s1. The Morgan fingerprint density at radius 3 is 2.65 bits per heavy atom. The summed E-state index contributed by atoms with van der Waals surface area (Å²) >= 11 is 4.89. The van der Waals surface area contributed by atoms with Crippen molar-refractivity contribution in [1.29, 1.82) is 0 Å². The molecule has 0 spiro atoms. The maximum atomic E-state index is 12.7. The van der Waals surface area contributed by atoms with E-state index in [1.807, 2.05) is 32.2 Å². The van der Waals surface area contributed by atoms with Crippen molar-refractivity contribution in [1.82, 2.24) is 10.3 Å². The predicted molar refractivity (Wildman–Crippen MR) is 148 cm³/mol. The van der Waals surface area contributed by atoms with Crippen molar-refractivity contribution in [2.75, 3.05) is 0 Å². The molecule has 8 nitrogen and oxygen atoms in total. The molecule has 1 amide bonds. The minimum Gasteiger partial charge on any atom is -0.462 e. The van der Waals surface area contributed by atoms with Crippen LogP contribution in [0.25, 0.3) is 0 Å². The Labute approximate surface area is 231 Å². The van der Waals surface area contributed by atoms with E-state index in [-0.39, 0.29) is 12.5 Å². The Morgan fingerprint density at radius 1 is 1.24 bits per heavy atom. The molecule has 0 fully saturated rings. The van der Waals surface area contributed by atoms with E-state index >= 15 is 0 Å². The maximum Gasteiger partial charge on any atom is 0.407 e. The first-order valence-electron chi connectivity index (χ1n) is 12.3. The zero-order valence-corrected chi connectivity index (χ0v) is 24.7. The number of alkyl carbamates (subject to hydrolysis) is 1. The Morgan fingerprint density at radius 2 is 1.97 bits per heavy atom. The number of nitrogens with one attached hydrogen (secondary N) is 1. The van der Waals surface area contributed by atoms with Crippen LogP contribution < -0.4 is 5.32 Å². The van der Waals surface area contributed by atoms with Crippen molar-refractivity contribution in [3.63, 3.8) is 0 Å². The van der Waals surface area contributed by atoms with Gasteiger partial charge in [-0.2, -0.15) is 0 Å². The highest BCUT2D eigenvalue weighted by Gasteiger charge is 2.23. The number of hydrogen-bond donors (Lipinski definition) is 1. The largest absolute Gasteiger partial charge is 0.462 e. The Balaban J connectivity index is 2.27. The number of allylic oxidation sites excluding steroid dienone is 3. The van der Waals surface area contributed by atoms with Gasteiger partial charge in [0.15, 0.2) is 0 Å². The fourth-order valence-electron chi connectivity index (χ4n) is 3.66. The van der Waals surface area contributed by atoms with E-state index in [1.165, 1.54) is 17.4 Å². The van der Waals surface area contributed by atoms with E-state index in [4.69, 9.17) is 14.2 Å². The zero-order valence-electron chi connectivity index (χ0n) is 22.3. The van der Waals surface area contributed by atoms with Gasteiger partial charge in [-0.3, -0.25) is 4.79 Å². The molecule has 0 radical (unpaired) electrons. The van der Waals surface area contributed by atoms with Crippen molar-refractivity contribution < 1.29 is 28.6 Å². The first kappa shape index (κ1) is 30.8. The van der Waals surface area contributed by atoms with Crippen LogP contribution in [0.3, 0.4) is 0 Å². The van der Waals surface area contributed by atoms with E-state index in [9.17, 15) is 14.4 Å². The van der Waals surface area contributed by atoms with Gasteiger partial charge >= 0.3 is 18.0 Å². The average Bonchev–Trinajstić information content (AvgIpc) is 3.16. The summed E-state index contributed by atoms with van der Waals surface area (Å²) in [6, 6.07) is -0.478. The smallest absolute Gasteiger partial charge is 0.407 e. The van der Waals surface area contributed by atoms with Gasteiger partial charge in [0.1, 0.15) is 17.8 Å². The summed E-state index contributed by atoms with van der Waals surface area (Å²) in [5.41, 5.74) is 1.12. The van der Waals surface area contributed by atoms with Crippen LogP contribution in [0.15, 0.2) is 39.7 Å². The molecule has 0 saturated heterocycles. The van der Waals surface area contributed by atoms with E-state index in [0.29, 0.717) is 25.7 Å². The lowest BCUT2D eigenvalue weighted by atomic mass is 10.1. The molecule has 1 N–H and O–H groups in total. The minimum absolute atomic E-state index is 0.0168. The molecule has 0 saturated carbocycles. The molecule has 2 bridgehead atoms. The number of thiazole rings is 1. The number of carbonyl (C=O) groups is 3. The predicted octanol–water partition coefficient (Wildman–Crippen LogP) is 5.95. The molecule has 37 heavy (non-hydrogen) atoms. The third-order valence-electron chi connectivity index (χ3n) is 5.10. The number of carbonyl (C=O) groups excluding carboxylic acids is 3. The van der Waals surface area contributed by atoms with Crippen LogP contribution in [0.2, 0.25) is 0 Å². The summed E-state index contributed by atoms with van der Waals surface area (Å²) in [5, 5.41) is 5.57. The molecule has 1 aromatic heterocycles. The van der Waals surface area contributed by atoms with Crippen LogP contribution >= 0.6 is 27.3 Å². The number of ether oxygens (including phenoxy) is 3. The average molecular weight is 598 g/mol. The lowest BCUT2D eigenvalue weighted by Crippen LogP contribution is -2.41. The molecule has 1 aliphatic rings. The first-order chi connectivity index (χ1) is 17.3. The zero-order chi connectivity index (χ0) is 27.6. The molecule has 1 aromatic rings. The summed E-state index contributed by atoms with van der Waals surface area (Å²) in [5.74, 6) is -0.860. The van der Waals surface area contributed by atoms with Crippen LogP contribution in [-0.2, 0) is 36.6 Å². The number of halogens is 1. The Kier molecular flexibility index (Phi) is 12.0. The molecule has 0 aromatic carbocycles. The summed E-state index contributed by atoms with van der Waals surface area (Å²) in [6.45, 7) is 10.9. The van der Waals surface area contributed by atoms with Crippen molar-refractivity contribution in [2.24, 2.45) is 0 Å². The maximum absolute atomic E-state index is 12.7. The number of fused-ring (bicyclic) bond motifs is 2. The topological polar surface area (TPSA) is 104 Å². The Bertz CT molecular complexity index is 1040. The number of rotatable bonds is 2. The van der Waals surface area contributed by atoms with Crippen molar-refractivity contribution in [3.8, 4) is 0 Å². The number of hydrogen-bond acceptors (Lipinski definition) is 8. The lowest BCUT2D eigenvalue weighted by molar-refractivity contribution is -0.148. The number of esters is 2. The van der Waals surface area contributed by atoms with E-state index in [1.54, 1.807) is 32.9 Å². The van der Waals surface area contributed by atoms with Gasteiger partial charge in [0.25, 0.3) is 0 Å². The first-order valence-corrected chi connectivity index (χ1v) is 14.0. The van der Waals surface area contributed by atoms with Gasteiger partial charge in [-0.25, -0.2) is 14.6 Å². The van der Waals surface area contributed by atoms with Gasteiger partial charge in [0.05, 0.1) is 17.1 Å². The molecule has 204 valence electrons. The highest BCUT2D eigenvalue weighted by Crippen LogP contribution is 2.19. The van der Waals surface area contributed by atoms with Crippen LogP contribution in [0.1, 0.15) is 71.5 Å². The molecular formula is C27H37BrN2O6S. The molecular weight excluding hydrogens is 560 g/mol. The summed E-state index contributed by atoms with van der Waals surface area (Å²) in [7, 11) is 0.